The Bertz CT molecular complexity index is 1250. The van der Waals surface area contributed by atoms with Gasteiger partial charge in [0.25, 0.3) is 11.6 Å². The van der Waals surface area contributed by atoms with E-state index in [0.717, 1.165) is 17.1 Å². The third kappa shape index (κ3) is 4.51. The number of amides is 1. The molecule has 31 heavy (non-hydrogen) atoms. The average molecular weight is 418 g/mol. The van der Waals surface area contributed by atoms with E-state index in [0.29, 0.717) is 11.1 Å². The van der Waals surface area contributed by atoms with Crippen molar-refractivity contribution in [3.05, 3.63) is 92.6 Å². The first-order valence-electron chi connectivity index (χ1n) is 9.34. The minimum atomic E-state index is -0.749. The molecule has 0 bridgehead atoms. The maximum atomic E-state index is 13.3. The number of carbonyl (C=O) groups is 1. The van der Waals surface area contributed by atoms with Crippen molar-refractivity contribution in [1.82, 2.24) is 4.57 Å². The lowest BCUT2D eigenvalue weighted by molar-refractivity contribution is -0.384. The molecule has 0 aliphatic carbocycles. The molecule has 0 saturated carbocycles. The summed E-state index contributed by atoms with van der Waals surface area (Å²) in [6.45, 7) is 5.38. The lowest BCUT2D eigenvalue weighted by atomic mass is 10.1. The highest BCUT2D eigenvalue weighted by atomic mass is 19.1. The van der Waals surface area contributed by atoms with E-state index >= 15 is 0 Å². The van der Waals surface area contributed by atoms with Gasteiger partial charge in [-0.15, -0.1) is 0 Å². The van der Waals surface area contributed by atoms with Gasteiger partial charge in [0.05, 0.1) is 4.92 Å². The number of nitro groups is 1. The Kier molecular flexibility index (Phi) is 5.97. The highest BCUT2D eigenvalue weighted by Crippen LogP contribution is 2.27. The summed E-state index contributed by atoms with van der Waals surface area (Å²) in [5.41, 5.74) is 3.20. The van der Waals surface area contributed by atoms with Gasteiger partial charge < -0.3 is 9.88 Å². The Hall–Kier alpha value is -4.25. The number of nitro benzene ring substituents is 1. The second-order valence-corrected chi connectivity index (χ2v) is 7.04. The summed E-state index contributed by atoms with van der Waals surface area (Å²) in [6.07, 6.45) is 1.43. The Balaban J connectivity index is 1.95. The normalized spacial score (nSPS) is 11.1. The van der Waals surface area contributed by atoms with Crippen LogP contribution in [0, 0.1) is 48.0 Å². The summed E-state index contributed by atoms with van der Waals surface area (Å²) in [5, 5.41) is 23.2. The fraction of sp³-hybridized carbons (Fsp3) is 0.130. The number of hydrogen-bond donors (Lipinski definition) is 1. The largest absolute Gasteiger partial charge is 0.318 e. The zero-order chi connectivity index (χ0) is 22.7. The van der Waals surface area contributed by atoms with Crippen LogP contribution >= 0.6 is 0 Å². The molecule has 0 unspecified atom stereocenters. The molecule has 0 atom stereocenters. The summed E-state index contributed by atoms with van der Waals surface area (Å²) in [4.78, 5) is 23.3. The van der Waals surface area contributed by atoms with Crippen LogP contribution in [0.2, 0.25) is 0 Å². The van der Waals surface area contributed by atoms with Gasteiger partial charge in [-0.05, 0) is 74.4 Å². The van der Waals surface area contributed by atoms with Crippen molar-refractivity contribution in [1.29, 1.82) is 5.26 Å². The molecule has 1 amide bonds. The molecule has 1 heterocycles. The number of nitrogens with one attached hydrogen (secondary N) is 1. The van der Waals surface area contributed by atoms with Crippen LogP contribution in [0.4, 0.5) is 15.8 Å². The first-order valence-corrected chi connectivity index (χ1v) is 9.34. The number of nitrogens with zero attached hydrogens (tertiary/aromatic N) is 3. The molecule has 0 aliphatic heterocycles. The van der Waals surface area contributed by atoms with Gasteiger partial charge in [-0.25, -0.2) is 4.39 Å². The smallest absolute Gasteiger partial charge is 0.293 e. The maximum absolute atomic E-state index is 13.3. The number of rotatable bonds is 5. The quantitative estimate of drug-likeness (QED) is 0.273. The molecule has 3 aromatic rings. The minimum Gasteiger partial charge on any atom is -0.318 e. The molecule has 0 fully saturated rings. The van der Waals surface area contributed by atoms with E-state index in [1.165, 1.54) is 30.3 Å². The van der Waals surface area contributed by atoms with E-state index in [9.17, 15) is 24.6 Å². The number of nitriles is 1. The first kappa shape index (κ1) is 21.5. The van der Waals surface area contributed by atoms with E-state index in [4.69, 9.17) is 0 Å². The molecule has 8 heteroatoms. The van der Waals surface area contributed by atoms with Crippen molar-refractivity contribution in [3.8, 4) is 11.8 Å². The van der Waals surface area contributed by atoms with Crippen molar-refractivity contribution in [2.24, 2.45) is 0 Å². The van der Waals surface area contributed by atoms with Gasteiger partial charge in [-0.3, -0.25) is 14.9 Å². The standard InChI is InChI=1S/C23H19FN4O3/c1-14-4-9-21(22(10-14)28(30)31)26-23(29)18(13-25)12-17-11-15(2)27(16(17)3)20-7-5-19(24)6-8-20/h4-12H,1-3H3,(H,26,29)/b18-12+. The summed E-state index contributed by atoms with van der Waals surface area (Å²) < 4.78 is 15.1. The topological polar surface area (TPSA) is 101 Å². The third-order valence-electron chi connectivity index (χ3n) is 4.82. The number of carbonyl (C=O) groups excluding carboxylic acids is 1. The highest BCUT2D eigenvalue weighted by molar-refractivity contribution is 6.10. The number of benzene rings is 2. The Morgan fingerprint density at radius 3 is 2.45 bits per heavy atom. The molecule has 2 aromatic carbocycles. The summed E-state index contributed by atoms with van der Waals surface area (Å²) in [5.74, 6) is -1.10. The molecule has 0 spiro atoms. The molecule has 156 valence electrons. The average Bonchev–Trinajstić information content (AvgIpc) is 3.01. The number of halogens is 1. The lowest BCUT2D eigenvalue weighted by Crippen LogP contribution is -2.14. The van der Waals surface area contributed by atoms with Crippen molar-refractivity contribution in [3.63, 3.8) is 0 Å². The predicted molar refractivity (Wildman–Crippen MR) is 115 cm³/mol. The van der Waals surface area contributed by atoms with Crippen LogP contribution in [0.25, 0.3) is 11.8 Å². The van der Waals surface area contributed by atoms with Gasteiger partial charge in [-0.1, -0.05) is 6.07 Å². The van der Waals surface area contributed by atoms with Crippen LogP contribution in [0.5, 0.6) is 0 Å². The van der Waals surface area contributed by atoms with Crippen molar-refractivity contribution < 1.29 is 14.1 Å². The monoisotopic (exact) mass is 418 g/mol. The Morgan fingerprint density at radius 2 is 1.84 bits per heavy atom. The fourth-order valence-electron chi connectivity index (χ4n) is 3.31. The summed E-state index contributed by atoms with van der Waals surface area (Å²) in [6, 6.07) is 14.1. The van der Waals surface area contributed by atoms with Crippen LogP contribution in [0.1, 0.15) is 22.5 Å². The fourth-order valence-corrected chi connectivity index (χ4v) is 3.31. The van der Waals surface area contributed by atoms with Gasteiger partial charge >= 0.3 is 0 Å². The van der Waals surface area contributed by atoms with Crippen molar-refractivity contribution in [2.75, 3.05) is 5.32 Å². The van der Waals surface area contributed by atoms with E-state index in [1.807, 2.05) is 24.5 Å². The number of hydrogen-bond acceptors (Lipinski definition) is 4. The second-order valence-electron chi connectivity index (χ2n) is 7.04. The zero-order valence-electron chi connectivity index (χ0n) is 17.1. The van der Waals surface area contributed by atoms with Crippen LogP contribution < -0.4 is 5.32 Å². The van der Waals surface area contributed by atoms with Gasteiger partial charge in [0.15, 0.2) is 0 Å². The Labute approximate surface area is 178 Å². The van der Waals surface area contributed by atoms with Crippen LogP contribution in [-0.2, 0) is 4.79 Å². The number of aryl methyl sites for hydroxylation is 2. The van der Waals surface area contributed by atoms with Crippen molar-refractivity contribution in [2.45, 2.75) is 20.8 Å². The van der Waals surface area contributed by atoms with Gasteiger partial charge in [-0.2, -0.15) is 5.26 Å². The SMILES string of the molecule is Cc1ccc(NC(=O)/C(C#N)=C/c2cc(C)n(-c3ccc(F)cc3)c2C)c([N+](=O)[O-])c1. The number of anilines is 1. The molecule has 0 aliphatic rings. The van der Waals surface area contributed by atoms with Gasteiger partial charge in [0.2, 0.25) is 0 Å². The second kappa shape index (κ2) is 8.63. The zero-order valence-corrected chi connectivity index (χ0v) is 17.1. The maximum Gasteiger partial charge on any atom is 0.293 e. The molecule has 1 aromatic heterocycles. The molecule has 0 radical (unpaired) electrons. The molecule has 0 saturated heterocycles. The molecular formula is C23H19FN4O3. The van der Waals surface area contributed by atoms with Crippen LogP contribution in [0.15, 0.2) is 54.1 Å². The van der Waals surface area contributed by atoms with Gasteiger partial charge in [0, 0.05) is 23.1 Å². The molecule has 1 N–H and O–H groups in total. The predicted octanol–water partition coefficient (Wildman–Crippen LogP) is 5.00. The minimum absolute atomic E-state index is 0.0125. The van der Waals surface area contributed by atoms with Crippen molar-refractivity contribution >= 4 is 23.4 Å². The third-order valence-corrected chi connectivity index (χ3v) is 4.82. The van der Waals surface area contributed by atoms with Gasteiger partial charge in [0.1, 0.15) is 23.1 Å². The molecule has 3 rings (SSSR count). The van der Waals surface area contributed by atoms with E-state index in [-0.39, 0.29) is 22.8 Å². The highest BCUT2D eigenvalue weighted by Gasteiger charge is 2.19. The van der Waals surface area contributed by atoms with E-state index in [2.05, 4.69) is 5.32 Å². The van der Waals surface area contributed by atoms with E-state index in [1.54, 1.807) is 31.2 Å². The van der Waals surface area contributed by atoms with Crippen LogP contribution in [0.3, 0.4) is 0 Å². The number of aromatic nitrogens is 1. The molecule has 7 nitrogen and oxygen atoms in total. The van der Waals surface area contributed by atoms with Crippen LogP contribution in [-0.4, -0.2) is 15.4 Å². The van der Waals surface area contributed by atoms with E-state index < -0.39 is 10.8 Å². The summed E-state index contributed by atoms with van der Waals surface area (Å²) in [7, 11) is 0. The first-order chi connectivity index (χ1) is 14.7. The Morgan fingerprint density at radius 1 is 1.16 bits per heavy atom. The lowest BCUT2D eigenvalue weighted by Gasteiger charge is -2.09. The molecular weight excluding hydrogens is 399 g/mol. The summed E-state index contributed by atoms with van der Waals surface area (Å²) >= 11 is 0.